The Labute approximate surface area is 194 Å². The van der Waals surface area contributed by atoms with Gasteiger partial charge in [-0.15, -0.1) is 0 Å². The summed E-state index contributed by atoms with van der Waals surface area (Å²) in [5.41, 5.74) is 2.29. The lowest BCUT2D eigenvalue weighted by molar-refractivity contribution is -0.139. The number of aromatic nitrogens is 1. The van der Waals surface area contributed by atoms with Gasteiger partial charge in [0.2, 0.25) is 0 Å². The van der Waals surface area contributed by atoms with Gasteiger partial charge >= 0.3 is 5.97 Å². The number of carbonyl (C=O) groups is 1. The summed E-state index contributed by atoms with van der Waals surface area (Å²) in [5.74, 6) is -0.503. The number of rotatable bonds is 5. The highest BCUT2D eigenvalue weighted by Crippen LogP contribution is 2.34. The number of halogens is 1. The van der Waals surface area contributed by atoms with E-state index in [1.54, 1.807) is 26.0 Å². The number of allylic oxidation sites excluding steroid dienone is 2. The fraction of sp³-hybridized carbons (Fsp3) is 0.160. The van der Waals surface area contributed by atoms with E-state index in [9.17, 15) is 9.59 Å². The van der Waals surface area contributed by atoms with Crippen molar-refractivity contribution in [2.24, 2.45) is 4.99 Å². The van der Waals surface area contributed by atoms with E-state index in [4.69, 9.17) is 16.3 Å². The van der Waals surface area contributed by atoms with Crippen LogP contribution in [-0.2, 0) is 9.53 Å². The smallest absolute Gasteiger partial charge is 0.338 e. The summed E-state index contributed by atoms with van der Waals surface area (Å²) >= 11 is 7.77. The normalized spacial score (nSPS) is 16.2. The van der Waals surface area contributed by atoms with E-state index in [1.165, 1.54) is 15.9 Å². The lowest BCUT2D eigenvalue weighted by Gasteiger charge is -2.25. The van der Waals surface area contributed by atoms with Gasteiger partial charge in [0.1, 0.15) is 6.04 Å². The summed E-state index contributed by atoms with van der Waals surface area (Å²) in [6.07, 6.45) is 5.54. The van der Waals surface area contributed by atoms with Crippen LogP contribution in [0.2, 0.25) is 5.02 Å². The monoisotopic (exact) mass is 464 g/mol. The molecule has 1 aromatic heterocycles. The number of hydrogen-bond acceptors (Lipinski definition) is 5. The second-order valence-corrected chi connectivity index (χ2v) is 8.53. The van der Waals surface area contributed by atoms with Gasteiger partial charge in [-0.1, -0.05) is 83.6 Å². The number of esters is 1. The van der Waals surface area contributed by atoms with Crippen LogP contribution in [0.3, 0.4) is 0 Å². The Balaban J connectivity index is 1.88. The zero-order valence-electron chi connectivity index (χ0n) is 17.6. The number of ether oxygens (including phenoxy) is 1. The number of thiazole rings is 1. The predicted octanol–water partition coefficient (Wildman–Crippen LogP) is 4.12. The predicted molar refractivity (Wildman–Crippen MR) is 128 cm³/mol. The molecule has 0 saturated heterocycles. The lowest BCUT2D eigenvalue weighted by Crippen LogP contribution is -2.40. The highest BCUT2D eigenvalue weighted by molar-refractivity contribution is 7.07. The average Bonchev–Trinajstić information content (AvgIpc) is 3.09. The van der Waals surface area contributed by atoms with Crippen LogP contribution in [0.4, 0.5) is 0 Å². The molecule has 4 rings (SSSR count). The molecule has 1 aliphatic heterocycles. The van der Waals surface area contributed by atoms with Gasteiger partial charge in [0.25, 0.3) is 5.56 Å². The molecule has 1 atom stereocenters. The molecule has 7 heteroatoms. The Morgan fingerprint density at radius 1 is 1.19 bits per heavy atom. The second-order valence-electron chi connectivity index (χ2n) is 7.12. The molecule has 2 aromatic carbocycles. The molecule has 0 amide bonds. The van der Waals surface area contributed by atoms with Gasteiger partial charge in [-0.05, 0) is 37.1 Å². The summed E-state index contributed by atoms with van der Waals surface area (Å²) in [6, 6.07) is 16.3. The van der Waals surface area contributed by atoms with Gasteiger partial charge in [0.15, 0.2) is 4.80 Å². The molecule has 0 radical (unpaired) electrons. The summed E-state index contributed by atoms with van der Waals surface area (Å²) in [6.45, 7) is 3.72. The van der Waals surface area contributed by atoms with Crippen LogP contribution in [0.25, 0.3) is 12.2 Å². The molecule has 5 nitrogen and oxygen atoms in total. The van der Waals surface area contributed by atoms with Gasteiger partial charge in [-0.25, -0.2) is 9.79 Å². The van der Waals surface area contributed by atoms with Crippen molar-refractivity contribution in [3.63, 3.8) is 0 Å². The maximum absolute atomic E-state index is 13.4. The SMILES string of the molecule is CCOC(=O)C1=C(C)N=c2s/c(=C/C=C/c3ccccc3)c(=O)n2C1c1ccccc1Cl. The zero-order chi connectivity index (χ0) is 22.7. The molecule has 0 spiro atoms. The van der Waals surface area contributed by atoms with Crippen LogP contribution in [0.1, 0.15) is 31.0 Å². The Morgan fingerprint density at radius 2 is 1.91 bits per heavy atom. The summed E-state index contributed by atoms with van der Waals surface area (Å²) < 4.78 is 7.34. The van der Waals surface area contributed by atoms with Gasteiger partial charge in [-0.3, -0.25) is 9.36 Å². The molecule has 162 valence electrons. The third-order valence-electron chi connectivity index (χ3n) is 5.05. The molecule has 32 heavy (non-hydrogen) atoms. The minimum absolute atomic E-state index is 0.222. The van der Waals surface area contributed by atoms with Crippen molar-refractivity contribution in [1.29, 1.82) is 0 Å². The van der Waals surface area contributed by atoms with Crippen molar-refractivity contribution in [3.8, 4) is 0 Å². The largest absolute Gasteiger partial charge is 0.463 e. The highest BCUT2D eigenvalue weighted by Gasteiger charge is 2.34. The first-order chi connectivity index (χ1) is 15.5. The first-order valence-electron chi connectivity index (χ1n) is 10.2. The first-order valence-corrected chi connectivity index (χ1v) is 11.4. The van der Waals surface area contributed by atoms with Gasteiger partial charge in [0.05, 0.1) is 22.4 Å². The van der Waals surface area contributed by atoms with Crippen molar-refractivity contribution < 1.29 is 9.53 Å². The Bertz CT molecular complexity index is 1400. The topological polar surface area (TPSA) is 60.7 Å². The van der Waals surface area contributed by atoms with E-state index in [0.29, 0.717) is 31.2 Å². The van der Waals surface area contributed by atoms with Crippen molar-refractivity contribution in [1.82, 2.24) is 4.57 Å². The summed E-state index contributed by atoms with van der Waals surface area (Å²) in [5, 5.41) is 0.465. The number of hydrogen-bond donors (Lipinski definition) is 0. The van der Waals surface area contributed by atoms with Crippen molar-refractivity contribution in [2.45, 2.75) is 19.9 Å². The summed E-state index contributed by atoms with van der Waals surface area (Å²) in [4.78, 5) is 31.3. The fourth-order valence-electron chi connectivity index (χ4n) is 3.61. The zero-order valence-corrected chi connectivity index (χ0v) is 19.2. The third kappa shape index (κ3) is 4.24. The van der Waals surface area contributed by atoms with Gasteiger partial charge < -0.3 is 4.74 Å². The van der Waals surface area contributed by atoms with E-state index in [0.717, 1.165) is 5.56 Å². The number of carbonyl (C=O) groups excluding carboxylic acids is 1. The fourth-order valence-corrected chi connectivity index (χ4v) is 4.84. The molecule has 0 aliphatic carbocycles. The van der Waals surface area contributed by atoms with E-state index in [1.807, 2.05) is 60.7 Å². The van der Waals surface area contributed by atoms with Gasteiger partial charge in [-0.2, -0.15) is 0 Å². The van der Waals surface area contributed by atoms with E-state index < -0.39 is 12.0 Å². The quantitative estimate of drug-likeness (QED) is 0.534. The van der Waals surface area contributed by atoms with Crippen molar-refractivity contribution >= 4 is 41.1 Å². The molecule has 3 aromatic rings. The molecule has 0 bridgehead atoms. The van der Waals surface area contributed by atoms with Crippen molar-refractivity contribution in [3.05, 3.63) is 108 Å². The maximum Gasteiger partial charge on any atom is 0.338 e. The van der Waals surface area contributed by atoms with Crippen LogP contribution >= 0.6 is 22.9 Å². The van der Waals surface area contributed by atoms with Crippen LogP contribution in [0.15, 0.2) is 81.7 Å². The van der Waals surface area contributed by atoms with E-state index in [2.05, 4.69) is 4.99 Å². The molecule has 1 aliphatic rings. The van der Waals surface area contributed by atoms with Crippen LogP contribution < -0.4 is 14.9 Å². The summed E-state index contributed by atoms with van der Waals surface area (Å²) in [7, 11) is 0. The minimum Gasteiger partial charge on any atom is -0.463 e. The molecule has 2 heterocycles. The Hall–Kier alpha value is -3.22. The maximum atomic E-state index is 13.4. The average molecular weight is 465 g/mol. The molecule has 0 saturated carbocycles. The third-order valence-corrected chi connectivity index (χ3v) is 6.40. The number of nitrogens with zero attached hydrogens (tertiary/aromatic N) is 2. The van der Waals surface area contributed by atoms with Crippen LogP contribution in [0.5, 0.6) is 0 Å². The molecule has 0 fully saturated rings. The Morgan fingerprint density at radius 3 is 2.62 bits per heavy atom. The lowest BCUT2D eigenvalue weighted by atomic mass is 9.96. The van der Waals surface area contributed by atoms with Gasteiger partial charge in [0, 0.05) is 5.02 Å². The van der Waals surface area contributed by atoms with Crippen LogP contribution in [-0.4, -0.2) is 17.1 Å². The second kappa shape index (κ2) is 9.51. The molecular formula is C25H21ClN2O3S. The van der Waals surface area contributed by atoms with E-state index in [-0.39, 0.29) is 12.2 Å². The highest BCUT2D eigenvalue weighted by atomic mass is 35.5. The number of benzene rings is 2. The molecule has 0 N–H and O–H groups in total. The standard InChI is InChI=1S/C25H21ClN2O3S/c1-3-31-24(30)21-16(2)27-25-28(22(21)18-13-7-8-14-19(18)26)23(29)20(32-25)15-9-12-17-10-5-4-6-11-17/h4-15,22H,3H2,1-2H3/b12-9+,20-15+. The number of fused-ring (bicyclic) bond motifs is 1. The molecule has 1 unspecified atom stereocenters. The molecular weight excluding hydrogens is 444 g/mol. The Kier molecular flexibility index (Phi) is 6.53. The first kappa shape index (κ1) is 22.0. The van der Waals surface area contributed by atoms with Crippen LogP contribution in [0, 0.1) is 0 Å². The van der Waals surface area contributed by atoms with E-state index >= 15 is 0 Å². The minimum atomic E-state index is -0.709. The van der Waals surface area contributed by atoms with Crippen molar-refractivity contribution in [2.75, 3.05) is 6.61 Å².